The van der Waals surface area contributed by atoms with Gasteiger partial charge in [-0.15, -0.1) is 0 Å². The fourth-order valence-corrected chi connectivity index (χ4v) is 3.91. The zero-order chi connectivity index (χ0) is 20.3. The molecule has 1 amide bonds. The summed E-state index contributed by atoms with van der Waals surface area (Å²) < 4.78 is 11.1. The Morgan fingerprint density at radius 2 is 1.83 bits per heavy atom. The summed E-state index contributed by atoms with van der Waals surface area (Å²) in [4.78, 5) is 28.2. The van der Waals surface area contributed by atoms with E-state index in [1.165, 1.54) is 4.90 Å². The predicted octanol–water partition coefficient (Wildman–Crippen LogP) is 4.80. The van der Waals surface area contributed by atoms with Crippen molar-refractivity contribution in [2.75, 3.05) is 4.90 Å². The lowest BCUT2D eigenvalue weighted by Crippen LogP contribution is -2.29. The Kier molecular flexibility index (Phi) is 3.86. The van der Waals surface area contributed by atoms with Crippen LogP contribution < -0.4 is 10.3 Å². The Bertz CT molecular complexity index is 1340. The van der Waals surface area contributed by atoms with Crippen molar-refractivity contribution in [3.63, 3.8) is 0 Å². The number of aromatic nitrogens is 1. The highest BCUT2D eigenvalue weighted by Crippen LogP contribution is 2.41. The van der Waals surface area contributed by atoms with Crippen LogP contribution in [0.1, 0.15) is 39.0 Å². The molecule has 1 atom stereocenters. The average molecular weight is 407 g/mol. The monoisotopic (exact) mass is 406 g/mol. The lowest BCUT2D eigenvalue weighted by atomic mass is 9.98. The third-order valence-corrected chi connectivity index (χ3v) is 5.54. The number of nitrogens with zero attached hydrogens (tertiary/aromatic N) is 2. The lowest BCUT2D eigenvalue weighted by molar-refractivity contribution is 0.0969. The summed E-state index contributed by atoms with van der Waals surface area (Å²) in [5.41, 5.74) is 1.85. The summed E-state index contributed by atoms with van der Waals surface area (Å²) in [6.45, 7) is 3.55. The number of carbonyl (C=O) groups is 1. The average Bonchev–Trinajstić information content (AvgIpc) is 3.26. The quantitative estimate of drug-likeness (QED) is 0.478. The van der Waals surface area contributed by atoms with Crippen LogP contribution in [-0.2, 0) is 0 Å². The number of anilines is 1. The second-order valence-corrected chi connectivity index (χ2v) is 7.46. The first-order valence-corrected chi connectivity index (χ1v) is 9.42. The zero-order valence-corrected chi connectivity index (χ0v) is 16.4. The highest BCUT2D eigenvalue weighted by Gasteiger charge is 2.44. The van der Waals surface area contributed by atoms with Crippen molar-refractivity contribution in [3.8, 4) is 0 Å². The number of aryl methyl sites for hydroxylation is 2. The van der Waals surface area contributed by atoms with Crippen molar-refractivity contribution in [1.82, 2.24) is 5.16 Å². The van der Waals surface area contributed by atoms with Crippen LogP contribution in [0, 0.1) is 13.8 Å². The highest BCUT2D eigenvalue weighted by atomic mass is 35.5. The Morgan fingerprint density at radius 1 is 1.07 bits per heavy atom. The van der Waals surface area contributed by atoms with E-state index in [0.29, 0.717) is 27.6 Å². The number of halogens is 1. The van der Waals surface area contributed by atoms with Crippen LogP contribution in [0.4, 0.5) is 5.82 Å². The van der Waals surface area contributed by atoms with E-state index < -0.39 is 11.9 Å². The summed E-state index contributed by atoms with van der Waals surface area (Å²) in [5.74, 6) is 0.459. The van der Waals surface area contributed by atoms with Gasteiger partial charge in [0.1, 0.15) is 11.3 Å². The fourth-order valence-electron chi connectivity index (χ4n) is 3.75. The molecule has 2 aromatic heterocycles. The van der Waals surface area contributed by atoms with Gasteiger partial charge in [-0.2, -0.15) is 0 Å². The maximum atomic E-state index is 13.5. The van der Waals surface area contributed by atoms with Crippen molar-refractivity contribution >= 4 is 34.3 Å². The molecular weight excluding hydrogens is 392 g/mol. The second-order valence-electron chi connectivity index (χ2n) is 7.06. The normalized spacial score (nSPS) is 15.9. The molecule has 3 heterocycles. The third kappa shape index (κ3) is 2.60. The Balaban J connectivity index is 1.84. The van der Waals surface area contributed by atoms with Crippen molar-refractivity contribution in [2.24, 2.45) is 0 Å². The molecule has 0 aliphatic carbocycles. The predicted molar refractivity (Wildman–Crippen MR) is 109 cm³/mol. The smallest absolute Gasteiger partial charge is 0.296 e. The van der Waals surface area contributed by atoms with Gasteiger partial charge in [0.05, 0.1) is 17.0 Å². The van der Waals surface area contributed by atoms with Gasteiger partial charge in [-0.25, -0.2) is 0 Å². The van der Waals surface area contributed by atoms with E-state index in [1.807, 2.05) is 37.3 Å². The van der Waals surface area contributed by atoms with E-state index in [4.69, 9.17) is 20.5 Å². The Morgan fingerprint density at radius 3 is 2.52 bits per heavy atom. The Labute approximate surface area is 170 Å². The number of amides is 1. The molecule has 0 N–H and O–H groups in total. The van der Waals surface area contributed by atoms with Gasteiger partial charge in [0, 0.05) is 11.1 Å². The first kappa shape index (κ1) is 17.7. The van der Waals surface area contributed by atoms with E-state index in [2.05, 4.69) is 5.16 Å². The van der Waals surface area contributed by atoms with Crippen LogP contribution in [0.2, 0.25) is 5.02 Å². The molecule has 0 radical (unpaired) electrons. The van der Waals surface area contributed by atoms with Gasteiger partial charge in [-0.3, -0.25) is 14.5 Å². The van der Waals surface area contributed by atoms with Crippen LogP contribution >= 0.6 is 11.6 Å². The van der Waals surface area contributed by atoms with E-state index >= 15 is 0 Å². The SMILES string of the molecule is Cc1cc(N2C(=O)c3oc4cc(C)c(Cl)cc4c(=O)c3[C@H]2c2ccccc2)no1. The molecule has 0 unspecified atom stereocenters. The largest absolute Gasteiger partial charge is 0.450 e. The molecule has 0 bridgehead atoms. The van der Waals surface area contributed by atoms with Gasteiger partial charge in [-0.05, 0) is 37.1 Å². The molecule has 0 saturated carbocycles. The van der Waals surface area contributed by atoms with Gasteiger partial charge >= 0.3 is 0 Å². The molecule has 2 aromatic carbocycles. The van der Waals surface area contributed by atoms with Crippen molar-refractivity contribution in [2.45, 2.75) is 19.9 Å². The number of hydrogen-bond acceptors (Lipinski definition) is 5. The van der Waals surface area contributed by atoms with Crippen molar-refractivity contribution < 1.29 is 13.7 Å². The first-order chi connectivity index (χ1) is 14.0. The van der Waals surface area contributed by atoms with Crippen LogP contribution in [0.5, 0.6) is 0 Å². The van der Waals surface area contributed by atoms with Crippen LogP contribution in [-0.4, -0.2) is 11.1 Å². The van der Waals surface area contributed by atoms with E-state index in [1.54, 1.807) is 25.1 Å². The molecule has 6 nitrogen and oxygen atoms in total. The van der Waals surface area contributed by atoms with Gasteiger partial charge in [0.15, 0.2) is 11.2 Å². The second kappa shape index (κ2) is 6.32. The van der Waals surface area contributed by atoms with E-state index in [-0.39, 0.29) is 16.8 Å². The van der Waals surface area contributed by atoms with E-state index in [9.17, 15) is 9.59 Å². The van der Waals surface area contributed by atoms with Gasteiger partial charge in [-0.1, -0.05) is 47.1 Å². The molecule has 0 spiro atoms. The molecule has 1 aliphatic rings. The lowest BCUT2D eigenvalue weighted by Gasteiger charge is -2.22. The number of benzene rings is 2. The summed E-state index contributed by atoms with van der Waals surface area (Å²) in [6, 6.07) is 13.5. The van der Waals surface area contributed by atoms with Gasteiger partial charge < -0.3 is 8.94 Å². The summed E-state index contributed by atoms with van der Waals surface area (Å²) in [5, 5.41) is 4.81. The number of fused-ring (bicyclic) bond motifs is 2. The molecule has 5 rings (SSSR count). The molecule has 7 heteroatoms. The highest BCUT2D eigenvalue weighted by molar-refractivity contribution is 6.32. The van der Waals surface area contributed by atoms with Gasteiger partial charge in [0.2, 0.25) is 5.76 Å². The number of hydrogen-bond donors (Lipinski definition) is 0. The molecule has 1 aliphatic heterocycles. The topological polar surface area (TPSA) is 76.6 Å². The summed E-state index contributed by atoms with van der Waals surface area (Å²) in [7, 11) is 0. The third-order valence-electron chi connectivity index (χ3n) is 5.13. The van der Waals surface area contributed by atoms with Gasteiger partial charge in [0.25, 0.3) is 5.91 Å². The Hall–Kier alpha value is -3.38. The van der Waals surface area contributed by atoms with Crippen LogP contribution in [0.3, 0.4) is 0 Å². The molecular formula is C22H15ClN2O4. The first-order valence-electron chi connectivity index (χ1n) is 9.04. The minimum Gasteiger partial charge on any atom is -0.450 e. The van der Waals surface area contributed by atoms with E-state index in [0.717, 1.165) is 11.1 Å². The summed E-state index contributed by atoms with van der Waals surface area (Å²) >= 11 is 6.24. The standard InChI is InChI=1S/C22H15ClN2O4/c1-11-8-16-14(10-15(11)23)20(26)18-19(13-6-4-3-5-7-13)25(22(27)21(18)28-16)17-9-12(2)29-24-17/h3-10,19H,1-2H3/t19-/m1/s1. The fraction of sp³-hybridized carbons (Fsp3) is 0.136. The molecule has 29 heavy (non-hydrogen) atoms. The van der Waals surface area contributed by atoms with Crippen molar-refractivity contribution in [3.05, 3.63) is 92.0 Å². The zero-order valence-electron chi connectivity index (χ0n) is 15.6. The molecule has 4 aromatic rings. The molecule has 0 saturated heterocycles. The van der Waals surface area contributed by atoms with Crippen LogP contribution in [0.15, 0.2) is 62.3 Å². The minimum atomic E-state index is -0.677. The molecule has 0 fully saturated rings. The minimum absolute atomic E-state index is 0.0127. The maximum Gasteiger partial charge on any atom is 0.296 e. The maximum absolute atomic E-state index is 13.5. The number of carbonyl (C=O) groups excluding carboxylic acids is 1. The van der Waals surface area contributed by atoms with Crippen LogP contribution in [0.25, 0.3) is 11.0 Å². The summed E-state index contributed by atoms with van der Waals surface area (Å²) in [6.07, 6.45) is 0. The molecule has 144 valence electrons. The van der Waals surface area contributed by atoms with Crippen molar-refractivity contribution in [1.29, 1.82) is 0 Å². The number of rotatable bonds is 2.